The van der Waals surface area contributed by atoms with E-state index in [1.165, 1.54) is 42.8 Å². The number of nitrogens with one attached hydrogen (secondary N) is 1. The number of sulfonamides is 1. The molecule has 1 aliphatic heterocycles. The summed E-state index contributed by atoms with van der Waals surface area (Å²) in [5.74, 6) is -0.434. The van der Waals surface area contributed by atoms with Crippen molar-refractivity contribution in [2.24, 2.45) is 10.2 Å². The summed E-state index contributed by atoms with van der Waals surface area (Å²) >= 11 is 0. The molecule has 1 amide bonds. The fourth-order valence-electron chi connectivity index (χ4n) is 2.77. The number of nitrogens with two attached hydrogens (primary N) is 1. The Morgan fingerprint density at radius 2 is 1.65 bits per heavy atom. The Bertz CT molecular complexity index is 900. The van der Waals surface area contributed by atoms with Crippen LogP contribution in [0, 0.1) is 0 Å². The molecule has 0 atom stereocenters. The highest BCUT2D eigenvalue weighted by molar-refractivity contribution is 7.89. The minimum absolute atomic E-state index is 0.0457. The summed E-state index contributed by atoms with van der Waals surface area (Å²) in [7, 11) is -3.77. The number of amides is 1. The van der Waals surface area contributed by atoms with Gasteiger partial charge >= 0.3 is 0 Å². The van der Waals surface area contributed by atoms with Crippen molar-refractivity contribution >= 4 is 27.8 Å². The first-order chi connectivity index (χ1) is 12.4. The molecule has 0 spiro atoms. The van der Waals surface area contributed by atoms with Crippen molar-refractivity contribution in [2.75, 3.05) is 18.0 Å². The van der Waals surface area contributed by atoms with Crippen LogP contribution in [0.25, 0.3) is 0 Å². The van der Waals surface area contributed by atoms with E-state index in [0.717, 1.165) is 18.7 Å². The molecule has 3 N–H and O–H groups in total. The number of nitrogens with zero attached hydrogens (tertiary/aromatic N) is 2. The van der Waals surface area contributed by atoms with Crippen LogP contribution in [0.1, 0.15) is 28.8 Å². The maximum absolute atomic E-state index is 12.0. The third kappa shape index (κ3) is 4.47. The van der Waals surface area contributed by atoms with Crippen LogP contribution in [0.5, 0.6) is 0 Å². The van der Waals surface area contributed by atoms with Crippen molar-refractivity contribution < 1.29 is 13.2 Å². The Labute approximate surface area is 152 Å². The molecule has 0 unspecified atom stereocenters. The van der Waals surface area contributed by atoms with Crippen LogP contribution >= 0.6 is 0 Å². The lowest BCUT2D eigenvalue weighted by molar-refractivity contribution is 0.0955. The molecule has 0 saturated carbocycles. The average molecular weight is 372 g/mol. The molecule has 0 aliphatic carbocycles. The molecule has 8 heteroatoms. The van der Waals surface area contributed by atoms with Gasteiger partial charge in [-0.05, 0) is 54.8 Å². The maximum Gasteiger partial charge on any atom is 0.271 e. The maximum atomic E-state index is 12.0. The Kier molecular flexibility index (Phi) is 5.34. The molecule has 26 heavy (non-hydrogen) atoms. The minimum atomic E-state index is -3.77. The molecule has 0 aromatic heterocycles. The van der Waals surface area contributed by atoms with Gasteiger partial charge in [0.05, 0.1) is 11.1 Å². The van der Waals surface area contributed by atoms with Gasteiger partial charge in [0.15, 0.2) is 0 Å². The summed E-state index contributed by atoms with van der Waals surface area (Å²) in [6, 6.07) is 13.3. The summed E-state index contributed by atoms with van der Waals surface area (Å²) in [6.07, 6.45) is 4.02. The van der Waals surface area contributed by atoms with Crippen molar-refractivity contribution in [1.82, 2.24) is 5.43 Å². The number of anilines is 1. The van der Waals surface area contributed by atoms with Gasteiger partial charge in [0.25, 0.3) is 5.91 Å². The highest BCUT2D eigenvalue weighted by Gasteiger charge is 2.12. The zero-order valence-corrected chi connectivity index (χ0v) is 14.9. The summed E-state index contributed by atoms with van der Waals surface area (Å²) < 4.78 is 22.4. The third-order valence-electron chi connectivity index (χ3n) is 4.19. The monoisotopic (exact) mass is 372 g/mol. The van der Waals surface area contributed by atoms with Crippen molar-refractivity contribution in [1.29, 1.82) is 0 Å². The molecule has 2 aromatic carbocycles. The molecule has 1 saturated heterocycles. The van der Waals surface area contributed by atoms with Gasteiger partial charge in [-0.2, -0.15) is 5.10 Å². The van der Waals surface area contributed by atoms with Gasteiger partial charge in [-0.1, -0.05) is 12.1 Å². The van der Waals surface area contributed by atoms with Crippen LogP contribution in [0.3, 0.4) is 0 Å². The van der Waals surface area contributed by atoms with Gasteiger partial charge in [0, 0.05) is 24.3 Å². The number of rotatable bonds is 5. The Morgan fingerprint density at radius 1 is 1.04 bits per heavy atom. The number of carbonyl (C=O) groups is 1. The lowest BCUT2D eigenvalue weighted by Gasteiger charge is -2.17. The van der Waals surface area contributed by atoms with E-state index in [1.807, 2.05) is 24.3 Å². The highest BCUT2D eigenvalue weighted by atomic mass is 32.2. The number of hydrazone groups is 1. The lowest BCUT2D eigenvalue weighted by atomic mass is 10.2. The summed E-state index contributed by atoms with van der Waals surface area (Å²) in [5.41, 5.74) is 4.77. The van der Waals surface area contributed by atoms with E-state index in [9.17, 15) is 13.2 Å². The molecule has 1 heterocycles. The molecule has 2 aromatic rings. The van der Waals surface area contributed by atoms with Crippen molar-refractivity contribution in [3.8, 4) is 0 Å². The smallest absolute Gasteiger partial charge is 0.271 e. The van der Waals surface area contributed by atoms with Gasteiger partial charge in [-0.15, -0.1) is 0 Å². The third-order valence-corrected chi connectivity index (χ3v) is 5.12. The molecule has 0 bridgehead atoms. The van der Waals surface area contributed by atoms with Crippen LogP contribution in [-0.2, 0) is 10.0 Å². The second kappa shape index (κ2) is 7.67. The zero-order chi connectivity index (χ0) is 18.6. The van der Waals surface area contributed by atoms with E-state index >= 15 is 0 Å². The van der Waals surface area contributed by atoms with Crippen molar-refractivity contribution in [3.63, 3.8) is 0 Å². The van der Waals surface area contributed by atoms with E-state index in [2.05, 4.69) is 15.4 Å². The Morgan fingerprint density at radius 3 is 2.23 bits per heavy atom. The van der Waals surface area contributed by atoms with E-state index in [1.54, 1.807) is 6.21 Å². The predicted octanol–water partition coefficient (Wildman–Crippen LogP) is 1.70. The molecule has 3 rings (SSSR count). The van der Waals surface area contributed by atoms with Crippen LogP contribution in [0.15, 0.2) is 58.5 Å². The number of primary sulfonamides is 1. The average Bonchev–Trinajstić information content (AvgIpc) is 3.16. The molecule has 7 nitrogen and oxygen atoms in total. The van der Waals surface area contributed by atoms with E-state index in [0.29, 0.717) is 5.56 Å². The van der Waals surface area contributed by atoms with Crippen molar-refractivity contribution in [2.45, 2.75) is 17.7 Å². The zero-order valence-electron chi connectivity index (χ0n) is 14.1. The van der Waals surface area contributed by atoms with Gasteiger partial charge < -0.3 is 4.90 Å². The fourth-order valence-corrected chi connectivity index (χ4v) is 3.29. The lowest BCUT2D eigenvalue weighted by Crippen LogP contribution is -2.18. The topological polar surface area (TPSA) is 105 Å². The predicted molar refractivity (Wildman–Crippen MR) is 101 cm³/mol. The molecule has 0 radical (unpaired) electrons. The highest BCUT2D eigenvalue weighted by Crippen LogP contribution is 2.19. The number of hydrogen-bond donors (Lipinski definition) is 2. The SMILES string of the molecule is NS(=O)(=O)c1ccc(C(=O)N/N=C/c2ccc(N3CCCC3)cc2)cc1. The second-order valence-corrected chi connectivity index (χ2v) is 7.62. The summed E-state index contributed by atoms with van der Waals surface area (Å²) in [6.45, 7) is 2.18. The largest absolute Gasteiger partial charge is 0.372 e. The fraction of sp³-hybridized carbons (Fsp3) is 0.222. The van der Waals surface area contributed by atoms with E-state index in [-0.39, 0.29) is 4.90 Å². The summed E-state index contributed by atoms with van der Waals surface area (Å²) in [4.78, 5) is 14.3. The number of hydrogen-bond acceptors (Lipinski definition) is 5. The molecule has 136 valence electrons. The van der Waals surface area contributed by atoms with E-state index in [4.69, 9.17) is 5.14 Å². The second-order valence-electron chi connectivity index (χ2n) is 6.05. The van der Waals surface area contributed by atoms with Gasteiger partial charge in [-0.3, -0.25) is 4.79 Å². The standard InChI is InChI=1S/C18H20N4O3S/c19-26(24,25)17-9-5-15(6-10-17)18(23)21-20-13-14-3-7-16(8-4-14)22-11-1-2-12-22/h3-10,13H,1-2,11-12H2,(H,21,23)(H2,19,24,25)/b20-13+. The van der Waals surface area contributed by atoms with E-state index < -0.39 is 15.9 Å². The van der Waals surface area contributed by atoms with Crippen LogP contribution in [0.4, 0.5) is 5.69 Å². The van der Waals surface area contributed by atoms with Gasteiger partial charge in [-0.25, -0.2) is 19.0 Å². The van der Waals surface area contributed by atoms with Gasteiger partial charge in [0.2, 0.25) is 10.0 Å². The van der Waals surface area contributed by atoms with Crippen LogP contribution < -0.4 is 15.5 Å². The normalized spacial score (nSPS) is 14.7. The summed E-state index contributed by atoms with van der Waals surface area (Å²) in [5, 5.41) is 8.96. The molecule has 1 fully saturated rings. The van der Waals surface area contributed by atoms with Crippen LogP contribution in [0.2, 0.25) is 0 Å². The van der Waals surface area contributed by atoms with Crippen LogP contribution in [-0.4, -0.2) is 33.6 Å². The first-order valence-electron chi connectivity index (χ1n) is 8.25. The Hall–Kier alpha value is -2.71. The number of benzene rings is 2. The first-order valence-corrected chi connectivity index (χ1v) is 9.79. The molecular weight excluding hydrogens is 352 g/mol. The minimum Gasteiger partial charge on any atom is -0.372 e. The Balaban J connectivity index is 1.58. The quantitative estimate of drug-likeness (QED) is 0.615. The van der Waals surface area contributed by atoms with Gasteiger partial charge in [0.1, 0.15) is 0 Å². The number of carbonyl (C=O) groups excluding carboxylic acids is 1. The molecular formula is C18H20N4O3S. The molecule has 1 aliphatic rings. The van der Waals surface area contributed by atoms with Crippen molar-refractivity contribution in [3.05, 3.63) is 59.7 Å². The first kappa shape index (κ1) is 18.1.